The lowest BCUT2D eigenvalue weighted by atomic mass is 9.78. The first kappa shape index (κ1) is 19.9. The summed E-state index contributed by atoms with van der Waals surface area (Å²) in [5, 5.41) is 13.8. The number of ether oxygens (including phenoxy) is 1. The Labute approximate surface area is 174 Å². The summed E-state index contributed by atoms with van der Waals surface area (Å²) in [5.74, 6) is 0.875. The van der Waals surface area contributed by atoms with Gasteiger partial charge in [0, 0.05) is 47.9 Å². The molecular weight excluding hydrogens is 392 g/mol. The topological polar surface area (TPSA) is 96.1 Å². The van der Waals surface area contributed by atoms with E-state index in [1.54, 1.807) is 6.07 Å². The van der Waals surface area contributed by atoms with E-state index in [9.17, 15) is 9.59 Å². The predicted molar refractivity (Wildman–Crippen MR) is 110 cm³/mol. The van der Waals surface area contributed by atoms with Gasteiger partial charge in [0.2, 0.25) is 11.8 Å². The Kier molecular flexibility index (Phi) is 6.16. The van der Waals surface area contributed by atoms with E-state index in [2.05, 4.69) is 20.8 Å². The highest BCUT2D eigenvalue weighted by molar-refractivity contribution is 6.30. The molecule has 0 unspecified atom stereocenters. The molecule has 2 aliphatic rings. The van der Waals surface area contributed by atoms with E-state index in [1.165, 1.54) is 0 Å². The summed E-state index contributed by atoms with van der Waals surface area (Å²) >= 11 is 5.96. The molecule has 3 N–H and O–H groups in total. The number of aromatic amines is 1. The van der Waals surface area contributed by atoms with Gasteiger partial charge >= 0.3 is 0 Å². The van der Waals surface area contributed by atoms with Crippen molar-refractivity contribution in [1.82, 2.24) is 15.5 Å². The molecule has 0 atom stereocenters. The van der Waals surface area contributed by atoms with Crippen LogP contribution in [0, 0.1) is 5.92 Å². The van der Waals surface area contributed by atoms with Gasteiger partial charge in [-0.05, 0) is 43.4 Å². The van der Waals surface area contributed by atoms with Crippen molar-refractivity contribution in [2.24, 2.45) is 5.92 Å². The summed E-state index contributed by atoms with van der Waals surface area (Å²) in [7, 11) is 0. The van der Waals surface area contributed by atoms with Crippen LogP contribution in [0.4, 0.5) is 5.82 Å². The number of halogens is 1. The number of benzene rings is 1. The number of aromatic nitrogens is 2. The van der Waals surface area contributed by atoms with E-state index >= 15 is 0 Å². The van der Waals surface area contributed by atoms with E-state index in [-0.39, 0.29) is 23.8 Å². The zero-order valence-corrected chi connectivity index (χ0v) is 16.9. The van der Waals surface area contributed by atoms with Crippen LogP contribution in [0.15, 0.2) is 30.3 Å². The maximum absolute atomic E-state index is 12.3. The number of carbonyl (C=O) groups is 2. The van der Waals surface area contributed by atoms with E-state index in [0.29, 0.717) is 36.4 Å². The Hall–Kier alpha value is -2.38. The highest BCUT2D eigenvalue weighted by Gasteiger charge is 2.33. The number of hydrogen-bond donors (Lipinski definition) is 3. The molecule has 29 heavy (non-hydrogen) atoms. The third kappa shape index (κ3) is 5.16. The molecule has 4 rings (SSSR count). The molecule has 2 amide bonds. The molecule has 0 bridgehead atoms. The standard InChI is InChI=1S/C21H25ClN4O3/c22-16-3-1-2-13(8-16)9-20(27)23-17-10-15(11-17)18-12-19(26-25-18)24-21(28)14-4-6-29-7-5-14/h1-3,8,12,14-15,17H,4-7,9-11H2,(H,23,27)(H2,24,25,26,28). The van der Waals surface area contributed by atoms with Crippen molar-refractivity contribution in [1.29, 1.82) is 0 Å². The summed E-state index contributed by atoms with van der Waals surface area (Å²) in [6.45, 7) is 1.27. The molecular formula is C21H25ClN4O3. The Morgan fingerprint density at radius 1 is 1.21 bits per heavy atom. The minimum absolute atomic E-state index is 0.00439. The van der Waals surface area contributed by atoms with Crippen LogP contribution < -0.4 is 10.6 Å². The second-order valence-corrected chi connectivity index (χ2v) is 8.26. The minimum atomic E-state index is -0.00769. The Bertz CT molecular complexity index is 872. The fraction of sp³-hybridized carbons (Fsp3) is 0.476. The van der Waals surface area contributed by atoms with E-state index in [1.807, 2.05) is 24.3 Å². The molecule has 1 saturated heterocycles. The van der Waals surface area contributed by atoms with Crippen LogP contribution >= 0.6 is 11.6 Å². The minimum Gasteiger partial charge on any atom is -0.381 e. The smallest absolute Gasteiger partial charge is 0.228 e. The Morgan fingerprint density at radius 2 is 2.00 bits per heavy atom. The number of rotatable bonds is 6. The molecule has 2 heterocycles. The van der Waals surface area contributed by atoms with Gasteiger partial charge in [-0.2, -0.15) is 5.10 Å². The average Bonchev–Trinajstić information content (AvgIpc) is 3.13. The molecule has 7 nitrogen and oxygen atoms in total. The normalized spacial score (nSPS) is 22.0. The van der Waals surface area contributed by atoms with Crippen LogP contribution in [0.1, 0.15) is 42.9 Å². The highest BCUT2D eigenvalue weighted by atomic mass is 35.5. The monoisotopic (exact) mass is 416 g/mol. The lowest BCUT2D eigenvalue weighted by Crippen LogP contribution is -2.44. The van der Waals surface area contributed by atoms with Gasteiger partial charge in [0.05, 0.1) is 6.42 Å². The first-order valence-corrected chi connectivity index (χ1v) is 10.4. The lowest BCUT2D eigenvalue weighted by molar-refractivity contribution is -0.123. The second-order valence-electron chi connectivity index (χ2n) is 7.82. The molecule has 1 saturated carbocycles. The maximum Gasteiger partial charge on any atom is 0.228 e. The van der Waals surface area contributed by atoms with Gasteiger partial charge in [0.1, 0.15) is 0 Å². The molecule has 2 fully saturated rings. The van der Waals surface area contributed by atoms with Gasteiger partial charge in [0.25, 0.3) is 0 Å². The van der Waals surface area contributed by atoms with Crippen molar-refractivity contribution in [3.63, 3.8) is 0 Å². The third-order valence-electron chi connectivity index (χ3n) is 5.64. The van der Waals surface area contributed by atoms with Crippen LogP contribution in [0.2, 0.25) is 5.02 Å². The summed E-state index contributed by atoms with van der Waals surface area (Å²) in [6, 6.07) is 9.41. The molecule has 2 aromatic rings. The first-order chi connectivity index (χ1) is 14.1. The van der Waals surface area contributed by atoms with E-state index < -0.39 is 0 Å². The van der Waals surface area contributed by atoms with E-state index in [0.717, 1.165) is 36.9 Å². The van der Waals surface area contributed by atoms with Gasteiger partial charge < -0.3 is 15.4 Å². The fourth-order valence-corrected chi connectivity index (χ4v) is 4.11. The first-order valence-electron chi connectivity index (χ1n) is 10.0. The number of nitrogens with zero attached hydrogens (tertiary/aromatic N) is 1. The van der Waals surface area contributed by atoms with Gasteiger partial charge in [-0.3, -0.25) is 14.7 Å². The predicted octanol–water partition coefficient (Wildman–Crippen LogP) is 3.03. The van der Waals surface area contributed by atoms with Gasteiger partial charge in [0.15, 0.2) is 5.82 Å². The van der Waals surface area contributed by atoms with Crippen LogP contribution in [0.5, 0.6) is 0 Å². The lowest BCUT2D eigenvalue weighted by Gasteiger charge is -2.35. The van der Waals surface area contributed by atoms with Crippen LogP contribution in [0.3, 0.4) is 0 Å². The molecule has 154 valence electrons. The SMILES string of the molecule is O=C(Cc1cccc(Cl)c1)NC1CC(c2cc(NC(=O)C3CCOCC3)n[nH]2)C1. The van der Waals surface area contributed by atoms with Crippen LogP contribution in [0.25, 0.3) is 0 Å². The van der Waals surface area contributed by atoms with Crippen LogP contribution in [-0.2, 0) is 20.7 Å². The Balaban J connectivity index is 1.22. The molecule has 0 radical (unpaired) electrons. The number of amides is 2. The summed E-state index contributed by atoms with van der Waals surface area (Å²) in [5.41, 5.74) is 1.90. The molecule has 1 aromatic heterocycles. The summed E-state index contributed by atoms with van der Waals surface area (Å²) < 4.78 is 5.30. The number of hydrogen-bond acceptors (Lipinski definition) is 4. The third-order valence-corrected chi connectivity index (χ3v) is 5.87. The van der Waals surface area contributed by atoms with Crippen molar-refractivity contribution < 1.29 is 14.3 Å². The van der Waals surface area contributed by atoms with Crippen molar-refractivity contribution in [3.8, 4) is 0 Å². The fourth-order valence-electron chi connectivity index (χ4n) is 3.90. The number of anilines is 1. The highest BCUT2D eigenvalue weighted by Crippen LogP contribution is 2.36. The largest absolute Gasteiger partial charge is 0.381 e. The maximum atomic E-state index is 12.3. The zero-order chi connectivity index (χ0) is 20.2. The quantitative estimate of drug-likeness (QED) is 0.674. The molecule has 0 spiro atoms. The van der Waals surface area contributed by atoms with Gasteiger partial charge in [-0.1, -0.05) is 23.7 Å². The van der Waals surface area contributed by atoms with Crippen molar-refractivity contribution in [2.75, 3.05) is 18.5 Å². The number of H-pyrrole nitrogens is 1. The molecule has 1 aromatic carbocycles. The van der Waals surface area contributed by atoms with Crippen molar-refractivity contribution in [2.45, 2.75) is 44.1 Å². The molecule has 8 heteroatoms. The van der Waals surface area contributed by atoms with Crippen molar-refractivity contribution >= 4 is 29.2 Å². The average molecular weight is 417 g/mol. The van der Waals surface area contributed by atoms with Crippen LogP contribution in [-0.4, -0.2) is 41.3 Å². The van der Waals surface area contributed by atoms with Crippen molar-refractivity contribution in [3.05, 3.63) is 46.6 Å². The molecule has 1 aliphatic carbocycles. The Morgan fingerprint density at radius 3 is 2.76 bits per heavy atom. The second kappa shape index (κ2) is 8.97. The van der Waals surface area contributed by atoms with Gasteiger partial charge in [-0.15, -0.1) is 0 Å². The summed E-state index contributed by atoms with van der Waals surface area (Å²) in [4.78, 5) is 24.5. The number of carbonyl (C=O) groups excluding carboxylic acids is 2. The molecule has 1 aliphatic heterocycles. The van der Waals surface area contributed by atoms with Gasteiger partial charge in [-0.25, -0.2) is 0 Å². The number of nitrogens with one attached hydrogen (secondary N) is 3. The zero-order valence-electron chi connectivity index (χ0n) is 16.1. The van der Waals surface area contributed by atoms with E-state index in [4.69, 9.17) is 16.3 Å². The summed E-state index contributed by atoms with van der Waals surface area (Å²) in [6.07, 6.45) is 3.55.